The van der Waals surface area contributed by atoms with Crippen molar-refractivity contribution >= 4 is 34.0 Å². The van der Waals surface area contributed by atoms with Gasteiger partial charge in [0.05, 0.1) is 30.5 Å². The molecule has 1 saturated heterocycles. The second-order valence-corrected chi connectivity index (χ2v) is 18.0. The zero-order chi connectivity index (χ0) is 40.7. The van der Waals surface area contributed by atoms with Gasteiger partial charge >= 0.3 is 12.2 Å². The van der Waals surface area contributed by atoms with Crippen molar-refractivity contribution in [2.24, 2.45) is 17.3 Å². The van der Waals surface area contributed by atoms with Crippen molar-refractivity contribution in [2.75, 3.05) is 20.3 Å². The van der Waals surface area contributed by atoms with Gasteiger partial charge in [-0.2, -0.15) is 0 Å². The average molecular weight is 786 g/mol. The van der Waals surface area contributed by atoms with Gasteiger partial charge < -0.3 is 35.4 Å². The molecule has 55 heavy (non-hydrogen) atoms. The molecule has 4 amide bonds. The van der Waals surface area contributed by atoms with E-state index >= 15 is 0 Å². The first-order valence-corrected chi connectivity index (χ1v) is 20.5. The Balaban J connectivity index is 1.31. The molecule has 2 unspecified atom stereocenters. The first kappa shape index (κ1) is 43.4. The number of carboxylic acid groups (broad SMARTS) is 1. The number of ether oxygens (including phenoxy) is 2. The SMILES string of the molecule is C=C[C@@H]1C[C@@H](C(=O)N[C@]2(C(C)NS(=O)(=O)C3CC3)C(=C)[C@H]2C=C)N(C(=O)[C@@H](NC(=O)OCCCC/C=C\CC2=C(OC)C=CC(NC(=O)O)C2)C(C)(C)C)C1. The zero-order valence-corrected chi connectivity index (χ0v) is 33.6. The van der Waals surface area contributed by atoms with Crippen LogP contribution in [-0.2, 0) is 29.1 Å². The van der Waals surface area contributed by atoms with Gasteiger partial charge in [-0.05, 0) is 86.8 Å². The van der Waals surface area contributed by atoms with Crippen molar-refractivity contribution in [3.8, 4) is 0 Å². The van der Waals surface area contributed by atoms with Gasteiger partial charge in [0.15, 0.2) is 0 Å². The van der Waals surface area contributed by atoms with E-state index < -0.39 is 68.4 Å². The van der Waals surface area contributed by atoms with Crippen molar-refractivity contribution in [3.63, 3.8) is 0 Å². The molecule has 0 aromatic carbocycles. The molecule has 3 aliphatic carbocycles. The number of nitrogens with zero attached hydrogens (tertiary/aromatic N) is 1. The van der Waals surface area contributed by atoms with Gasteiger partial charge in [0.1, 0.15) is 17.8 Å². The molecular weight excluding hydrogens is 727 g/mol. The van der Waals surface area contributed by atoms with Crippen LogP contribution in [0.1, 0.15) is 79.1 Å². The number of unbranched alkanes of at least 4 members (excludes halogenated alkanes) is 2. The van der Waals surface area contributed by atoms with Gasteiger partial charge in [0, 0.05) is 18.5 Å². The number of sulfonamides is 1. The lowest BCUT2D eigenvalue weighted by Gasteiger charge is -2.36. The highest BCUT2D eigenvalue weighted by atomic mass is 32.2. The van der Waals surface area contributed by atoms with Crippen LogP contribution in [0.4, 0.5) is 9.59 Å². The molecule has 1 aliphatic heterocycles. The smallest absolute Gasteiger partial charge is 0.407 e. The number of methoxy groups -OCH3 is 1. The van der Waals surface area contributed by atoms with Gasteiger partial charge in [-0.25, -0.2) is 22.7 Å². The number of hydrogen-bond donors (Lipinski definition) is 5. The fourth-order valence-electron chi connectivity index (χ4n) is 7.47. The standard InChI is InChI=1S/C40H59N5O9S/c1-9-27-22-32(35(46)43-40(25(3)31(40)10-2)26(4)44-55(51,52)30-18-19-30)45(24-27)36(47)34(39(5,6)7)42-38(50)54-21-15-13-11-12-14-16-28-23-29(41-37(48)49)17-20-33(28)53-8/h9-10,12,14,17,20,26-27,29-32,34,41,44H,1-3,11,13,15-16,18-19,21-24H2,4-8H3,(H,42,50)(H,43,46)(H,48,49)/b14-12-/t26?,27-,29?,31-,32+,34-,40+/m1/s1. The lowest BCUT2D eigenvalue weighted by Crippen LogP contribution is -2.60. The van der Waals surface area contributed by atoms with Crippen LogP contribution >= 0.6 is 0 Å². The van der Waals surface area contributed by atoms with Crippen LogP contribution in [0.3, 0.4) is 0 Å². The summed E-state index contributed by atoms with van der Waals surface area (Å²) >= 11 is 0. The van der Waals surface area contributed by atoms with Crippen molar-refractivity contribution in [1.82, 2.24) is 25.6 Å². The summed E-state index contributed by atoms with van der Waals surface area (Å²) in [5.41, 5.74) is -0.204. The summed E-state index contributed by atoms with van der Waals surface area (Å²) in [4.78, 5) is 53.8. The number of likely N-dealkylation sites (tertiary alicyclic amines) is 1. The number of alkyl carbamates (subject to hydrolysis) is 1. The Bertz CT molecular complexity index is 1710. The third-order valence-corrected chi connectivity index (χ3v) is 12.9. The van der Waals surface area contributed by atoms with E-state index in [4.69, 9.17) is 14.6 Å². The molecule has 15 heteroatoms. The van der Waals surface area contributed by atoms with Crippen LogP contribution in [0.5, 0.6) is 0 Å². The first-order chi connectivity index (χ1) is 25.9. The molecular formula is C40H59N5O9S. The van der Waals surface area contributed by atoms with E-state index in [0.29, 0.717) is 44.1 Å². The van der Waals surface area contributed by atoms with Gasteiger partial charge in [-0.1, -0.05) is 57.7 Å². The Hall–Kier alpha value is -4.37. The summed E-state index contributed by atoms with van der Waals surface area (Å²) in [6, 6.07) is -2.92. The molecule has 0 bridgehead atoms. The summed E-state index contributed by atoms with van der Waals surface area (Å²) in [6.07, 6.45) is 13.8. The molecule has 7 atom stereocenters. The topological polar surface area (TPSA) is 192 Å². The maximum absolute atomic E-state index is 14.2. The van der Waals surface area contributed by atoms with Crippen LogP contribution in [0, 0.1) is 17.3 Å². The number of rotatable bonds is 19. The van der Waals surface area contributed by atoms with E-state index in [9.17, 15) is 27.6 Å². The second kappa shape index (κ2) is 18.1. The van der Waals surface area contributed by atoms with E-state index in [2.05, 4.69) is 40.4 Å². The lowest BCUT2D eigenvalue weighted by atomic mass is 9.85. The quantitative estimate of drug-likeness (QED) is 0.0901. The molecule has 1 heterocycles. The monoisotopic (exact) mass is 785 g/mol. The molecule has 0 spiro atoms. The minimum Gasteiger partial charge on any atom is -0.497 e. The molecule has 0 radical (unpaired) electrons. The Kier molecular flexibility index (Phi) is 14.2. The Labute approximate surface area is 325 Å². The number of nitrogens with one attached hydrogen (secondary N) is 4. The second-order valence-electron chi connectivity index (χ2n) is 16.0. The third kappa shape index (κ3) is 10.7. The molecule has 4 rings (SSSR count). The average Bonchev–Trinajstić information content (AvgIpc) is 4.02. The van der Waals surface area contributed by atoms with Crippen LogP contribution in [0.25, 0.3) is 0 Å². The summed E-state index contributed by atoms with van der Waals surface area (Å²) in [5, 5.41) is 16.9. The first-order valence-electron chi connectivity index (χ1n) is 19.0. The highest BCUT2D eigenvalue weighted by Crippen LogP contribution is 2.52. The number of amides is 4. The van der Waals surface area contributed by atoms with Crippen LogP contribution in [0.15, 0.2) is 73.1 Å². The predicted molar refractivity (Wildman–Crippen MR) is 210 cm³/mol. The minimum absolute atomic E-state index is 0.142. The molecule has 0 aromatic rings. The number of hydrogen-bond acceptors (Lipinski definition) is 8. The third-order valence-electron chi connectivity index (χ3n) is 10.8. The Morgan fingerprint density at radius 3 is 2.42 bits per heavy atom. The number of allylic oxidation sites excluding steroid dienone is 3. The Morgan fingerprint density at radius 1 is 1.13 bits per heavy atom. The molecule has 3 fully saturated rings. The summed E-state index contributed by atoms with van der Waals surface area (Å²) in [5.74, 6) is -0.691. The predicted octanol–water partition coefficient (Wildman–Crippen LogP) is 4.84. The van der Waals surface area contributed by atoms with Crippen molar-refractivity contribution in [2.45, 2.75) is 114 Å². The Morgan fingerprint density at radius 2 is 1.84 bits per heavy atom. The van der Waals surface area contributed by atoms with Gasteiger partial charge in [-0.15, -0.1) is 13.2 Å². The van der Waals surface area contributed by atoms with Gasteiger partial charge in [0.25, 0.3) is 0 Å². The zero-order valence-electron chi connectivity index (χ0n) is 32.8. The molecule has 0 aromatic heterocycles. The fraction of sp³-hybridized carbons (Fsp3) is 0.600. The number of carbonyl (C=O) groups excluding carboxylic acids is 3. The molecule has 4 aliphatic rings. The summed E-state index contributed by atoms with van der Waals surface area (Å²) in [6.45, 7) is 19.4. The van der Waals surface area contributed by atoms with Gasteiger partial charge in [-0.3, -0.25) is 9.59 Å². The molecule has 14 nitrogen and oxygen atoms in total. The number of carbonyl (C=O) groups is 4. The van der Waals surface area contributed by atoms with E-state index in [-0.39, 0.29) is 31.0 Å². The van der Waals surface area contributed by atoms with Crippen molar-refractivity contribution in [1.29, 1.82) is 0 Å². The molecule has 304 valence electrons. The maximum atomic E-state index is 14.2. The maximum Gasteiger partial charge on any atom is 0.407 e. The van der Waals surface area contributed by atoms with Gasteiger partial charge in [0.2, 0.25) is 21.8 Å². The molecule has 2 saturated carbocycles. The van der Waals surface area contributed by atoms with E-state index in [1.165, 1.54) is 4.90 Å². The van der Waals surface area contributed by atoms with E-state index in [0.717, 1.165) is 24.2 Å². The van der Waals surface area contributed by atoms with Crippen LogP contribution in [-0.4, -0.2) is 97.6 Å². The summed E-state index contributed by atoms with van der Waals surface area (Å²) in [7, 11) is -1.99. The van der Waals surface area contributed by atoms with Crippen LogP contribution < -0.4 is 20.7 Å². The van der Waals surface area contributed by atoms with E-state index in [1.807, 2.05) is 32.9 Å². The molecule has 5 N–H and O–H groups in total. The van der Waals surface area contributed by atoms with Crippen LogP contribution in [0.2, 0.25) is 0 Å². The summed E-state index contributed by atoms with van der Waals surface area (Å²) < 4.78 is 39.3. The normalized spacial score (nSPS) is 26.3. The minimum atomic E-state index is -3.57. The highest BCUT2D eigenvalue weighted by molar-refractivity contribution is 7.90. The van der Waals surface area contributed by atoms with Crippen molar-refractivity contribution < 1.29 is 42.2 Å². The highest BCUT2D eigenvalue weighted by Gasteiger charge is 2.63. The van der Waals surface area contributed by atoms with Crippen molar-refractivity contribution in [3.05, 3.63) is 73.1 Å². The largest absolute Gasteiger partial charge is 0.497 e. The fourth-order valence-corrected chi connectivity index (χ4v) is 9.09. The lowest BCUT2D eigenvalue weighted by molar-refractivity contribution is -0.142. The van der Waals surface area contributed by atoms with E-state index in [1.54, 1.807) is 38.3 Å².